The van der Waals surface area contributed by atoms with Crippen LogP contribution in [-0.2, 0) is 0 Å². The number of methoxy groups -OCH3 is 1. The van der Waals surface area contributed by atoms with Crippen LogP contribution in [0, 0.1) is 12.8 Å². The molecule has 1 unspecified atom stereocenters. The van der Waals surface area contributed by atoms with Crippen molar-refractivity contribution in [1.82, 2.24) is 9.97 Å². The van der Waals surface area contributed by atoms with Crippen molar-refractivity contribution in [3.8, 4) is 5.88 Å². The number of nitrogens with zero attached hydrogens (tertiary/aromatic N) is 2. The van der Waals surface area contributed by atoms with Crippen LogP contribution in [0.2, 0.25) is 0 Å². The Balaban J connectivity index is 2.85. The number of rotatable bonds is 6. The summed E-state index contributed by atoms with van der Waals surface area (Å²) < 4.78 is 5.17. The van der Waals surface area contributed by atoms with Gasteiger partial charge in [0.2, 0.25) is 5.88 Å². The summed E-state index contributed by atoms with van der Waals surface area (Å²) in [5, 5.41) is 3.41. The zero-order valence-electron chi connectivity index (χ0n) is 10.8. The third-order valence-corrected chi connectivity index (χ3v) is 3.00. The van der Waals surface area contributed by atoms with Crippen LogP contribution >= 0.6 is 11.6 Å². The molecule has 1 rings (SSSR count). The van der Waals surface area contributed by atoms with Crippen molar-refractivity contribution in [2.45, 2.75) is 33.2 Å². The van der Waals surface area contributed by atoms with E-state index in [4.69, 9.17) is 16.3 Å². The monoisotopic (exact) mass is 257 g/mol. The Morgan fingerprint density at radius 2 is 2.12 bits per heavy atom. The standard InChI is InChI=1S/C12H20ClN3O/c1-8(2)10(5-6-13)16-11-9(3)12(17-4)15-7-14-11/h7-8,10H,5-6H2,1-4H3,(H,14,15,16). The molecule has 1 N–H and O–H groups in total. The van der Waals surface area contributed by atoms with E-state index in [-0.39, 0.29) is 0 Å². The minimum atomic E-state index is 0.311. The van der Waals surface area contributed by atoms with Crippen LogP contribution in [-0.4, -0.2) is 29.0 Å². The van der Waals surface area contributed by atoms with Gasteiger partial charge in [0, 0.05) is 11.9 Å². The minimum Gasteiger partial charge on any atom is -0.481 e. The Kier molecular flexibility index (Phi) is 5.48. The summed E-state index contributed by atoms with van der Waals surface area (Å²) in [6.07, 6.45) is 2.41. The van der Waals surface area contributed by atoms with Gasteiger partial charge in [-0.2, -0.15) is 0 Å². The molecule has 0 spiro atoms. The van der Waals surface area contributed by atoms with Gasteiger partial charge in [-0.15, -0.1) is 11.6 Å². The fraction of sp³-hybridized carbons (Fsp3) is 0.667. The van der Waals surface area contributed by atoms with Crippen molar-refractivity contribution in [3.63, 3.8) is 0 Å². The second-order valence-electron chi connectivity index (χ2n) is 4.33. The van der Waals surface area contributed by atoms with Gasteiger partial charge in [0.25, 0.3) is 0 Å². The van der Waals surface area contributed by atoms with Crippen molar-refractivity contribution in [2.75, 3.05) is 18.3 Å². The molecule has 17 heavy (non-hydrogen) atoms. The van der Waals surface area contributed by atoms with Gasteiger partial charge < -0.3 is 10.1 Å². The zero-order valence-corrected chi connectivity index (χ0v) is 11.6. The Hall–Kier alpha value is -1.03. The van der Waals surface area contributed by atoms with E-state index in [1.165, 1.54) is 6.33 Å². The third-order valence-electron chi connectivity index (χ3n) is 2.78. The molecule has 0 bridgehead atoms. The SMILES string of the molecule is COc1ncnc(NC(CCCl)C(C)C)c1C. The van der Waals surface area contributed by atoms with E-state index >= 15 is 0 Å². The van der Waals surface area contributed by atoms with Gasteiger partial charge in [-0.1, -0.05) is 13.8 Å². The largest absolute Gasteiger partial charge is 0.481 e. The lowest BCUT2D eigenvalue weighted by atomic mass is 10.0. The molecular formula is C12H20ClN3O. The average Bonchev–Trinajstić information content (AvgIpc) is 2.30. The first kappa shape index (κ1) is 14.0. The molecule has 0 saturated heterocycles. The third kappa shape index (κ3) is 3.73. The van der Waals surface area contributed by atoms with E-state index in [1.54, 1.807) is 7.11 Å². The molecule has 1 aromatic heterocycles. The smallest absolute Gasteiger partial charge is 0.221 e. The lowest BCUT2D eigenvalue weighted by molar-refractivity contribution is 0.393. The number of anilines is 1. The van der Waals surface area contributed by atoms with E-state index in [0.717, 1.165) is 17.8 Å². The van der Waals surface area contributed by atoms with Crippen LogP contribution in [0.4, 0.5) is 5.82 Å². The summed E-state index contributed by atoms with van der Waals surface area (Å²) in [7, 11) is 1.61. The molecule has 1 heterocycles. The zero-order chi connectivity index (χ0) is 12.8. The molecule has 5 heteroatoms. The number of ether oxygens (including phenoxy) is 1. The van der Waals surface area contributed by atoms with Gasteiger partial charge in [-0.3, -0.25) is 0 Å². The lowest BCUT2D eigenvalue weighted by Gasteiger charge is -2.23. The van der Waals surface area contributed by atoms with Gasteiger partial charge >= 0.3 is 0 Å². The van der Waals surface area contributed by atoms with Gasteiger partial charge in [0.1, 0.15) is 12.1 Å². The molecule has 1 aromatic rings. The van der Waals surface area contributed by atoms with Crippen molar-refractivity contribution < 1.29 is 4.74 Å². The molecule has 0 aliphatic carbocycles. The molecular weight excluding hydrogens is 238 g/mol. The first-order chi connectivity index (χ1) is 8.10. The number of aromatic nitrogens is 2. The van der Waals surface area contributed by atoms with Crippen molar-refractivity contribution in [3.05, 3.63) is 11.9 Å². The molecule has 96 valence electrons. The predicted molar refractivity (Wildman–Crippen MR) is 70.9 cm³/mol. The highest BCUT2D eigenvalue weighted by Crippen LogP contribution is 2.22. The van der Waals surface area contributed by atoms with Crippen molar-refractivity contribution in [1.29, 1.82) is 0 Å². The first-order valence-corrected chi connectivity index (χ1v) is 6.31. The molecule has 0 fully saturated rings. The summed E-state index contributed by atoms with van der Waals surface area (Å²) in [4.78, 5) is 8.30. The maximum absolute atomic E-state index is 5.81. The van der Waals surface area contributed by atoms with Gasteiger partial charge in [0.05, 0.1) is 12.7 Å². The van der Waals surface area contributed by atoms with Crippen LogP contribution in [0.25, 0.3) is 0 Å². The van der Waals surface area contributed by atoms with Gasteiger partial charge in [-0.05, 0) is 19.3 Å². The quantitative estimate of drug-likeness (QED) is 0.796. The normalized spacial score (nSPS) is 12.6. The highest BCUT2D eigenvalue weighted by Gasteiger charge is 2.15. The molecule has 0 aliphatic heterocycles. The molecule has 4 nitrogen and oxygen atoms in total. The van der Waals surface area contributed by atoms with E-state index in [1.807, 2.05) is 6.92 Å². The fourth-order valence-corrected chi connectivity index (χ4v) is 1.89. The van der Waals surface area contributed by atoms with Gasteiger partial charge in [-0.25, -0.2) is 9.97 Å². The summed E-state index contributed by atoms with van der Waals surface area (Å²) >= 11 is 5.81. The molecule has 0 saturated carbocycles. The van der Waals surface area contributed by atoms with E-state index in [2.05, 4.69) is 29.1 Å². The maximum atomic E-state index is 5.81. The summed E-state index contributed by atoms with van der Waals surface area (Å²) in [5.41, 5.74) is 0.926. The lowest BCUT2D eigenvalue weighted by Crippen LogP contribution is -2.27. The van der Waals surface area contributed by atoms with Crippen LogP contribution in [0.15, 0.2) is 6.33 Å². The van der Waals surface area contributed by atoms with E-state index in [9.17, 15) is 0 Å². The molecule has 0 radical (unpaired) electrons. The fourth-order valence-electron chi connectivity index (χ4n) is 1.65. The number of hydrogen-bond donors (Lipinski definition) is 1. The maximum Gasteiger partial charge on any atom is 0.221 e. The Labute approximate surface area is 108 Å². The Morgan fingerprint density at radius 3 is 2.65 bits per heavy atom. The minimum absolute atomic E-state index is 0.311. The van der Waals surface area contributed by atoms with Crippen LogP contribution in [0.3, 0.4) is 0 Å². The summed E-state index contributed by atoms with van der Waals surface area (Å²) in [6.45, 7) is 6.27. The van der Waals surface area contributed by atoms with Crippen molar-refractivity contribution in [2.24, 2.45) is 5.92 Å². The highest BCUT2D eigenvalue weighted by molar-refractivity contribution is 6.17. The first-order valence-electron chi connectivity index (χ1n) is 5.78. The molecule has 0 aliphatic rings. The van der Waals surface area contributed by atoms with Crippen molar-refractivity contribution >= 4 is 17.4 Å². The molecule has 1 atom stereocenters. The predicted octanol–water partition coefficient (Wildman–Crippen LogP) is 2.86. The topological polar surface area (TPSA) is 47.0 Å². The van der Waals surface area contributed by atoms with Crippen LogP contribution in [0.5, 0.6) is 5.88 Å². The van der Waals surface area contributed by atoms with E-state index in [0.29, 0.717) is 23.7 Å². The highest BCUT2D eigenvalue weighted by atomic mass is 35.5. The molecule has 0 aromatic carbocycles. The number of halogens is 1. The number of alkyl halides is 1. The summed E-state index contributed by atoms with van der Waals surface area (Å²) in [5.74, 6) is 2.56. The van der Waals surface area contributed by atoms with Gasteiger partial charge in [0.15, 0.2) is 0 Å². The number of nitrogens with one attached hydrogen (secondary N) is 1. The summed E-state index contributed by atoms with van der Waals surface area (Å²) in [6, 6.07) is 0.311. The number of hydrogen-bond acceptors (Lipinski definition) is 4. The second-order valence-corrected chi connectivity index (χ2v) is 4.71. The van der Waals surface area contributed by atoms with Crippen LogP contribution < -0.4 is 10.1 Å². The average molecular weight is 258 g/mol. The second kappa shape index (κ2) is 6.64. The van der Waals surface area contributed by atoms with E-state index < -0.39 is 0 Å². The Morgan fingerprint density at radius 1 is 1.41 bits per heavy atom. The van der Waals surface area contributed by atoms with Crippen LogP contribution in [0.1, 0.15) is 25.8 Å². The molecule has 0 amide bonds. The Bertz CT molecular complexity index is 358.